The minimum absolute atomic E-state index is 0.404. The molecule has 3 rings (SSSR count). The minimum Gasteiger partial charge on any atom is -0.306 e. The number of hydrogen-bond acceptors (Lipinski definition) is 2. The zero-order valence-corrected chi connectivity index (χ0v) is 9.26. The molecule has 1 aromatic carbocycles. The van der Waals surface area contributed by atoms with Gasteiger partial charge in [-0.25, -0.2) is 0 Å². The van der Waals surface area contributed by atoms with E-state index in [1.54, 1.807) is 11.3 Å². The van der Waals surface area contributed by atoms with Gasteiger partial charge in [0.05, 0.1) is 6.04 Å². The standard InChI is InChI=1S/C13H13NS/c1-2-4-12-10(3-1)5-7-14-13(12)11-6-8-15-9-11/h1-4,6,8-9,13-14H,5,7H2/t13-/m1/s1. The Morgan fingerprint density at radius 2 is 2.13 bits per heavy atom. The van der Waals surface area contributed by atoms with Gasteiger partial charge in [-0.2, -0.15) is 11.3 Å². The molecule has 0 saturated carbocycles. The van der Waals surface area contributed by atoms with E-state index in [0.717, 1.165) is 13.0 Å². The van der Waals surface area contributed by atoms with Crippen molar-refractivity contribution in [1.29, 1.82) is 0 Å². The van der Waals surface area contributed by atoms with E-state index in [0.29, 0.717) is 6.04 Å². The highest BCUT2D eigenvalue weighted by molar-refractivity contribution is 7.08. The Balaban J connectivity index is 2.06. The molecule has 76 valence electrons. The second-order valence-electron chi connectivity index (χ2n) is 3.89. The summed E-state index contributed by atoms with van der Waals surface area (Å²) in [4.78, 5) is 0. The molecule has 0 fully saturated rings. The Labute approximate surface area is 93.8 Å². The van der Waals surface area contributed by atoms with E-state index in [1.807, 2.05) is 0 Å². The molecular weight excluding hydrogens is 202 g/mol. The van der Waals surface area contributed by atoms with Gasteiger partial charge in [0, 0.05) is 6.54 Å². The quantitative estimate of drug-likeness (QED) is 0.771. The topological polar surface area (TPSA) is 12.0 Å². The molecule has 0 amide bonds. The van der Waals surface area contributed by atoms with Gasteiger partial charge in [0.1, 0.15) is 0 Å². The summed E-state index contributed by atoms with van der Waals surface area (Å²) < 4.78 is 0. The third-order valence-corrected chi connectivity index (χ3v) is 3.69. The Morgan fingerprint density at radius 3 is 3.00 bits per heavy atom. The van der Waals surface area contributed by atoms with Crippen LogP contribution in [0.1, 0.15) is 22.7 Å². The van der Waals surface area contributed by atoms with E-state index < -0.39 is 0 Å². The smallest absolute Gasteiger partial charge is 0.0587 e. The molecule has 1 N–H and O–H groups in total. The van der Waals surface area contributed by atoms with Gasteiger partial charge in [-0.3, -0.25) is 0 Å². The molecule has 1 atom stereocenters. The van der Waals surface area contributed by atoms with Gasteiger partial charge < -0.3 is 5.32 Å². The van der Waals surface area contributed by atoms with Crippen molar-refractivity contribution in [2.75, 3.05) is 6.54 Å². The summed E-state index contributed by atoms with van der Waals surface area (Å²) >= 11 is 1.77. The van der Waals surface area contributed by atoms with Gasteiger partial charge in [0.15, 0.2) is 0 Å². The fourth-order valence-corrected chi connectivity index (χ4v) is 2.93. The van der Waals surface area contributed by atoms with E-state index in [4.69, 9.17) is 0 Å². The first-order valence-electron chi connectivity index (χ1n) is 5.28. The van der Waals surface area contributed by atoms with Crippen LogP contribution in [-0.2, 0) is 6.42 Å². The van der Waals surface area contributed by atoms with Crippen molar-refractivity contribution in [3.8, 4) is 0 Å². The highest BCUT2D eigenvalue weighted by atomic mass is 32.1. The van der Waals surface area contributed by atoms with Crippen LogP contribution in [0.2, 0.25) is 0 Å². The summed E-state index contributed by atoms with van der Waals surface area (Å²) in [6.45, 7) is 1.08. The Kier molecular flexibility index (Phi) is 2.31. The highest BCUT2D eigenvalue weighted by Gasteiger charge is 2.20. The minimum atomic E-state index is 0.404. The number of fused-ring (bicyclic) bond motifs is 1. The summed E-state index contributed by atoms with van der Waals surface area (Å²) in [5.41, 5.74) is 4.33. The maximum Gasteiger partial charge on any atom is 0.0587 e. The second kappa shape index (κ2) is 3.80. The third-order valence-electron chi connectivity index (χ3n) is 2.99. The molecule has 0 saturated heterocycles. The molecule has 0 radical (unpaired) electrons. The lowest BCUT2D eigenvalue weighted by Crippen LogP contribution is -2.30. The first kappa shape index (κ1) is 9.13. The van der Waals surface area contributed by atoms with Crippen LogP contribution in [0.5, 0.6) is 0 Å². The van der Waals surface area contributed by atoms with Gasteiger partial charge in [-0.15, -0.1) is 0 Å². The Hall–Kier alpha value is -1.12. The maximum absolute atomic E-state index is 3.58. The van der Waals surface area contributed by atoms with E-state index >= 15 is 0 Å². The first-order chi connectivity index (χ1) is 7.45. The van der Waals surface area contributed by atoms with Gasteiger partial charge in [0.25, 0.3) is 0 Å². The Morgan fingerprint density at radius 1 is 1.20 bits per heavy atom. The average Bonchev–Trinajstić information content (AvgIpc) is 2.82. The van der Waals surface area contributed by atoms with Crippen LogP contribution in [0, 0.1) is 0 Å². The summed E-state index contributed by atoms with van der Waals surface area (Å²) in [6.07, 6.45) is 1.15. The maximum atomic E-state index is 3.58. The van der Waals surface area contributed by atoms with Crippen LogP contribution in [-0.4, -0.2) is 6.54 Å². The molecule has 0 spiro atoms. The van der Waals surface area contributed by atoms with Gasteiger partial charge in [-0.05, 0) is 39.9 Å². The van der Waals surface area contributed by atoms with Crippen molar-refractivity contribution in [1.82, 2.24) is 5.32 Å². The fourth-order valence-electron chi connectivity index (χ4n) is 2.24. The number of benzene rings is 1. The van der Waals surface area contributed by atoms with Crippen molar-refractivity contribution >= 4 is 11.3 Å². The van der Waals surface area contributed by atoms with Crippen LogP contribution in [0.15, 0.2) is 41.1 Å². The highest BCUT2D eigenvalue weighted by Crippen LogP contribution is 2.29. The van der Waals surface area contributed by atoms with Crippen molar-refractivity contribution in [2.24, 2.45) is 0 Å². The lowest BCUT2D eigenvalue weighted by molar-refractivity contribution is 0.569. The Bertz CT molecular complexity index is 447. The van der Waals surface area contributed by atoms with E-state index in [2.05, 4.69) is 46.4 Å². The summed E-state index contributed by atoms with van der Waals surface area (Å²) in [5, 5.41) is 7.97. The molecular formula is C13H13NS. The third kappa shape index (κ3) is 1.60. The van der Waals surface area contributed by atoms with Crippen LogP contribution in [0.25, 0.3) is 0 Å². The zero-order valence-electron chi connectivity index (χ0n) is 8.44. The van der Waals surface area contributed by atoms with Gasteiger partial charge in [-0.1, -0.05) is 24.3 Å². The second-order valence-corrected chi connectivity index (χ2v) is 4.67. The largest absolute Gasteiger partial charge is 0.306 e. The van der Waals surface area contributed by atoms with E-state index in [9.17, 15) is 0 Å². The molecule has 1 nitrogen and oxygen atoms in total. The number of hydrogen-bond donors (Lipinski definition) is 1. The summed E-state index contributed by atoms with van der Waals surface area (Å²) in [7, 11) is 0. The first-order valence-corrected chi connectivity index (χ1v) is 6.23. The molecule has 0 aliphatic carbocycles. The molecule has 1 aliphatic heterocycles. The SMILES string of the molecule is c1ccc2c(c1)CCN[C@@H]2c1ccsc1. The molecule has 0 unspecified atom stereocenters. The molecule has 0 bridgehead atoms. The monoisotopic (exact) mass is 215 g/mol. The molecule has 1 aromatic heterocycles. The molecule has 1 aliphatic rings. The van der Waals surface area contributed by atoms with Crippen LogP contribution < -0.4 is 5.32 Å². The average molecular weight is 215 g/mol. The van der Waals surface area contributed by atoms with Gasteiger partial charge >= 0.3 is 0 Å². The predicted molar refractivity (Wildman–Crippen MR) is 64.3 cm³/mol. The lowest BCUT2D eigenvalue weighted by atomic mass is 9.91. The lowest BCUT2D eigenvalue weighted by Gasteiger charge is -2.26. The van der Waals surface area contributed by atoms with Crippen molar-refractivity contribution < 1.29 is 0 Å². The fraction of sp³-hybridized carbons (Fsp3) is 0.231. The van der Waals surface area contributed by atoms with Gasteiger partial charge in [0.2, 0.25) is 0 Å². The van der Waals surface area contributed by atoms with E-state index in [1.165, 1.54) is 16.7 Å². The molecule has 2 heterocycles. The van der Waals surface area contributed by atoms with E-state index in [-0.39, 0.29) is 0 Å². The number of thiophene rings is 1. The van der Waals surface area contributed by atoms with Crippen LogP contribution >= 0.6 is 11.3 Å². The van der Waals surface area contributed by atoms with Crippen molar-refractivity contribution in [2.45, 2.75) is 12.5 Å². The van der Waals surface area contributed by atoms with Crippen molar-refractivity contribution in [3.63, 3.8) is 0 Å². The molecule has 2 aromatic rings. The molecule has 15 heavy (non-hydrogen) atoms. The summed E-state index contributed by atoms with van der Waals surface area (Å²) in [6, 6.07) is 11.4. The van der Waals surface area contributed by atoms with Crippen molar-refractivity contribution in [3.05, 3.63) is 57.8 Å². The number of nitrogens with one attached hydrogen (secondary N) is 1. The number of rotatable bonds is 1. The zero-order chi connectivity index (χ0) is 10.1. The summed E-state index contributed by atoms with van der Waals surface area (Å²) in [5.74, 6) is 0. The predicted octanol–water partition coefficient (Wildman–Crippen LogP) is 2.98. The van der Waals surface area contributed by atoms with Crippen LogP contribution in [0.3, 0.4) is 0 Å². The van der Waals surface area contributed by atoms with Crippen LogP contribution in [0.4, 0.5) is 0 Å². The molecule has 2 heteroatoms. The normalized spacial score (nSPS) is 19.9.